The molecule has 1 aliphatic heterocycles. The smallest absolute Gasteiger partial charge is 0.354 e. The number of hydrogen-bond donors (Lipinski definition) is 3. The molecule has 2 heterocycles. The lowest BCUT2D eigenvalue weighted by Gasteiger charge is -2.26. The number of pyridine rings is 1. The highest BCUT2D eigenvalue weighted by molar-refractivity contribution is 6.07. The van der Waals surface area contributed by atoms with Crippen molar-refractivity contribution in [2.45, 2.75) is 39.5 Å². The fourth-order valence-electron chi connectivity index (χ4n) is 3.71. The number of anilines is 2. The van der Waals surface area contributed by atoms with Crippen LogP contribution in [0.3, 0.4) is 0 Å². The van der Waals surface area contributed by atoms with Crippen molar-refractivity contribution in [1.29, 1.82) is 5.41 Å². The second kappa shape index (κ2) is 11.0. The standard InChI is InChI=1S/C24H31FN4O3/c1-16(2)22(26)21-20(32-14-6-13-29-11-4-3-5-12-29)15-19(24(30)31)28-23(21)27-18-9-7-17(25)8-10-18/h7-10,15-16,26H,3-6,11-14H2,1-2H3,(H,27,28)(H,30,31). The maximum Gasteiger partial charge on any atom is 0.354 e. The van der Waals surface area contributed by atoms with E-state index >= 15 is 0 Å². The first-order valence-corrected chi connectivity index (χ1v) is 11.1. The van der Waals surface area contributed by atoms with E-state index in [4.69, 9.17) is 10.1 Å². The number of ether oxygens (including phenoxy) is 1. The molecule has 0 aliphatic carbocycles. The Bertz CT molecular complexity index is 941. The molecule has 3 N–H and O–H groups in total. The highest BCUT2D eigenvalue weighted by Crippen LogP contribution is 2.31. The van der Waals surface area contributed by atoms with Gasteiger partial charge >= 0.3 is 5.97 Å². The fourth-order valence-corrected chi connectivity index (χ4v) is 3.71. The summed E-state index contributed by atoms with van der Waals surface area (Å²) in [5.74, 6) is -1.17. The van der Waals surface area contributed by atoms with Gasteiger partial charge in [-0.15, -0.1) is 0 Å². The summed E-state index contributed by atoms with van der Waals surface area (Å²) >= 11 is 0. The molecule has 1 aromatic heterocycles. The molecule has 0 amide bonds. The van der Waals surface area contributed by atoms with Crippen LogP contribution < -0.4 is 10.1 Å². The molecule has 7 nitrogen and oxygen atoms in total. The van der Waals surface area contributed by atoms with Crippen LogP contribution in [0.1, 0.15) is 55.6 Å². The minimum Gasteiger partial charge on any atom is -0.493 e. The number of carboxylic acid groups (broad SMARTS) is 1. The quantitative estimate of drug-likeness (QED) is 0.356. The Kier molecular flexibility index (Phi) is 8.16. The van der Waals surface area contributed by atoms with Gasteiger partial charge in [0.2, 0.25) is 0 Å². The molecule has 0 atom stereocenters. The van der Waals surface area contributed by atoms with Gasteiger partial charge in [0.25, 0.3) is 0 Å². The van der Waals surface area contributed by atoms with Gasteiger partial charge in [-0.1, -0.05) is 20.3 Å². The maximum atomic E-state index is 13.3. The van der Waals surface area contributed by atoms with E-state index in [1.54, 1.807) is 0 Å². The summed E-state index contributed by atoms with van der Waals surface area (Å²) in [4.78, 5) is 18.3. The topological polar surface area (TPSA) is 98.5 Å². The van der Waals surface area contributed by atoms with Gasteiger partial charge in [-0.05, 0) is 62.5 Å². The zero-order valence-electron chi connectivity index (χ0n) is 18.7. The lowest BCUT2D eigenvalue weighted by molar-refractivity contribution is 0.0690. The highest BCUT2D eigenvalue weighted by Gasteiger charge is 2.23. The Balaban J connectivity index is 1.86. The van der Waals surface area contributed by atoms with Crippen LogP contribution >= 0.6 is 0 Å². The summed E-state index contributed by atoms with van der Waals surface area (Å²) in [6.45, 7) is 7.31. The Morgan fingerprint density at radius 2 is 1.94 bits per heavy atom. The molecule has 2 aromatic rings. The molecule has 1 aliphatic rings. The summed E-state index contributed by atoms with van der Waals surface area (Å²) < 4.78 is 19.3. The largest absolute Gasteiger partial charge is 0.493 e. The Hall–Kier alpha value is -3.00. The van der Waals surface area contributed by atoms with Gasteiger partial charge in [0, 0.05) is 24.0 Å². The monoisotopic (exact) mass is 442 g/mol. The number of rotatable bonds is 10. The molecule has 3 rings (SSSR count). The number of aromatic nitrogens is 1. The van der Waals surface area contributed by atoms with E-state index in [9.17, 15) is 14.3 Å². The molecular formula is C24H31FN4O3. The summed E-state index contributed by atoms with van der Waals surface area (Å²) in [6, 6.07) is 7.05. The van der Waals surface area contributed by atoms with Crippen LogP contribution in [0.4, 0.5) is 15.9 Å². The van der Waals surface area contributed by atoms with Crippen molar-refractivity contribution in [3.05, 3.63) is 47.4 Å². The van der Waals surface area contributed by atoms with Gasteiger partial charge < -0.3 is 25.5 Å². The van der Waals surface area contributed by atoms with Gasteiger partial charge in [-0.25, -0.2) is 14.2 Å². The Labute approximate surface area is 188 Å². The van der Waals surface area contributed by atoms with Crippen LogP contribution in [0.5, 0.6) is 5.75 Å². The van der Waals surface area contributed by atoms with Crippen LogP contribution in [0, 0.1) is 17.1 Å². The molecule has 172 valence electrons. The van der Waals surface area contributed by atoms with Gasteiger partial charge in [0.15, 0.2) is 5.69 Å². The van der Waals surface area contributed by atoms with Gasteiger partial charge in [0.05, 0.1) is 12.2 Å². The summed E-state index contributed by atoms with van der Waals surface area (Å²) in [7, 11) is 0. The third-order valence-corrected chi connectivity index (χ3v) is 5.48. The summed E-state index contributed by atoms with van der Waals surface area (Å²) in [5, 5.41) is 21.2. The lowest BCUT2D eigenvalue weighted by atomic mass is 9.99. The zero-order valence-corrected chi connectivity index (χ0v) is 18.7. The molecule has 8 heteroatoms. The third kappa shape index (κ3) is 6.26. The van der Waals surface area contributed by atoms with E-state index in [0.717, 1.165) is 26.1 Å². The Morgan fingerprint density at radius 1 is 1.25 bits per heavy atom. The number of halogens is 1. The van der Waals surface area contributed by atoms with E-state index in [1.165, 1.54) is 49.6 Å². The molecule has 1 saturated heterocycles. The molecule has 0 saturated carbocycles. The predicted molar refractivity (Wildman–Crippen MR) is 123 cm³/mol. The average molecular weight is 443 g/mol. The second-order valence-electron chi connectivity index (χ2n) is 8.34. The number of carbonyl (C=O) groups is 1. The number of likely N-dealkylation sites (tertiary alicyclic amines) is 1. The zero-order chi connectivity index (χ0) is 23.1. The molecule has 32 heavy (non-hydrogen) atoms. The molecule has 0 spiro atoms. The number of hydrogen-bond acceptors (Lipinski definition) is 6. The number of piperidine rings is 1. The maximum absolute atomic E-state index is 13.3. The van der Waals surface area contributed by atoms with E-state index in [-0.39, 0.29) is 29.0 Å². The van der Waals surface area contributed by atoms with Crippen LogP contribution in [-0.4, -0.2) is 52.9 Å². The molecule has 1 aromatic carbocycles. The lowest BCUT2D eigenvalue weighted by Crippen LogP contribution is -2.31. The Morgan fingerprint density at radius 3 is 2.56 bits per heavy atom. The van der Waals surface area contributed by atoms with E-state index in [2.05, 4.69) is 15.2 Å². The van der Waals surface area contributed by atoms with Crippen LogP contribution in [0.2, 0.25) is 0 Å². The minimum absolute atomic E-state index is 0.128. The predicted octanol–water partition coefficient (Wildman–Crippen LogP) is 4.94. The fraction of sp³-hybridized carbons (Fsp3) is 0.458. The van der Waals surface area contributed by atoms with Gasteiger partial charge in [-0.3, -0.25) is 0 Å². The number of nitrogens with one attached hydrogen (secondary N) is 2. The number of benzene rings is 1. The van der Waals surface area contributed by atoms with Crippen LogP contribution in [0.15, 0.2) is 30.3 Å². The molecule has 1 fully saturated rings. The van der Waals surface area contributed by atoms with Crippen molar-refractivity contribution in [3.8, 4) is 5.75 Å². The summed E-state index contributed by atoms with van der Waals surface area (Å²) in [6.07, 6.45) is 4.54. The van der Waals surface area contributed by atoms with Gasteiger partial charge in [0.1, 0.15) is 17.4 Å². The number of aromatic carboxylic acids is 1. The van der Waals surface area contributed by atoms with Crippen molar-refractivity contribution >= 4 is 23.2 Å². The molecule has 0 unspecified atom stereocenters. The van der Waals surface area contributed by atoms with Crippen molar-refractivity contribution in [1.82, 2.24) is 9.88 Å². The summed E-state index contributed by atoms with van der Waals surface area (Å²) in [5.41, 5.74) is 1.06. The highest BCUT2D eigenvalue weighted by atomic mass is 19.1. The van der Waals surface area contributed by atoms with E-state index in [0.29, 0.717) is 23.6 Å². The first-order valence-electron chi connectivity index (χ1n) is 11.1. The van der Waals surface area contributed by atoms with Gasteiger partial charge in [-0.2, -0.15) is 0 Å². The van der Waals surface area contributed by atoms with Crippen LogP contribution in [0.25, 0.3) is 0 Å². The normalized spacial score (nSPS) is 14.4. The number of carboxylic acids is 1. The third-order valence-electron chi connectivity index (χ3n) is 5.48. The van der Waals surface area contributed by atoms with Crippen molar-refractivity contribution in [2.75, 3.05) is 31.6 Å². The molecule has 0 radical (unpaired) electrons. The van der Waals surface area contributed by atoms with Crippen molar-refractivity contribution < 1.29 is 19.0 Å². The van der Waals surface area contributed by atoms with Crippen LogP contribution in [-0.2, 0) is 0 Å². The minimum atomic E-state index is -1.19. The number of nitrogens with zero attached hydrogens (tertiary/aromatic N) is 2. The average Bonchev–Trinajstić information content (AvgIpc) is 2.78. The second-order valence-corrected chi connectivity index (χ2v) is 8.34. The molecule has 0 bridgehead atoms. The SMILES string of the molecule is CC(C)C(=N)c1c(OCCCN2CCCCC2)cc(C(=O)O)nc1Nc1ccc(F)cc1. The molecular weight excluding hydrogens is 411 g/mol. The van der Waals surface area contributed by atoms with Crippen molar-refractivity contribution in [3.63, 3.8) is 0 Å². The first-order chi connectivity index (χ1) is 15.3. The van der Waals surface area contributed by atoms with Crippen molar-refractivity contribution in [2.24, 2.45) is 5.92 Å². The van der Waals surface area contributed by atoms with E-state index < -0.39 is 5.97 Å². The van der Waals surface area contributed by atoms with E-state index in [1.807, 2.05) is 13.8 Å². The first kappa shape index (κ1) is 23.7.